The third-order valence-corrected chi connectivity index (χ3v) is 4.70. The Hall–Kier alpha value is -3.57. The van der Waals surface area contributed by atoms with Gasteiger partial charge in [0.15, 0.2) is 0 Å². The van der Waals surface area contributed by atoms with E-state index in [0.29, 0.717) is 0 Å². The lowest BCUT2D eigenvalue weighted by atomic mass is 10.1. The van der Waals surface area contributed by atoms with E-state index < -0.39 is 39.6 Å². The number of non-ortho nitro benzene ring substituents is 2. The fraction of sp³-hybridized carbons (Fsp3) is 0.263. The fourth-order valence-electron chi connectivity index (χ4n) is 2.82. The van der Waals surface area contributed by atoms with Crippen LogP contribution in [-0.2, 0) is 14.2 Å². The Labute approximate surface area is 179 Å². The van der Waals surface area contributed by atoms with Gasteiger partial charge in [0, 0.05) is 30.7 Å². The first-order valence-corrected chi connectivity index (χ1v) is 9.35. The predicted molar refractivity (Wildman–Crippen MR) is 105 cm³/mol. The van der Waals surface area contributed by atoms with Gasteiger partial charge in [0.2, 0.25) is 0 Å². The van der Waals surface area contributed by atoms with Gasteiger partial charge in [0.1, 0.15) is 24.4 Å². The molecule has 162 valence electrons. The molecule has 1 saturated heterocycles. The van der Waals surface area contributed by atoms with Crippen molar-refractivity contribution >= 4 is 34.9 Å². The van der Waals surface area contributed by atoms with E-state index in [-0.39, 0.29) is 35.5 Å². The Morgan fingerprint density at radius 2 is 1.42 bits per heavy atom. The first-order valence-electron chi connectivity index (χ1n) is 8.91. The molecule has 1 aliphatic rings. The van der Waals surface area contributed by atoms with Gasteiger partial charge in [-0.15, -0.1) is 0 Å². The monoisotopic (exact) mass is 450 g/mol. The largest absolute Gasteiger partial charge is 0.459 e. The van der Waals surface area contributed by atoms with Crippen molar-refractivity contribution in [3.8, 4) is 0 Å². The van der Waals surface area contributed by atoms with E-state index in [9.17, 15) is 29.8 Å². The summed E-state index contributed by atoms with van der Waals surface area (Å²) in [6.45, 7) is -0.267. The van der Waals surface area contributed by atoms with Crippen molar-refractivity contribution in [1.29, 1.82) is 0 Å². The molecule has 0 saturated carbocycles. The van der Waals surface area contributed by atoms with Gasteiger partial charge >= 0.3 is 11.9 Å². The molecule has 1 aliphatic heterocycles. The topological polar surface area (TPSA) is 148 Å². The molecule has 3 unspecified atom stereocenters. The van der Waals surface area contributed by atoms with Gasteiger partial charge in [0.05, 0.1) is 21.0 Å². The average Bonchev–Trinajstić information content (AvgIpc) is 3.10. The number of esters is 2. The summed E-state index contributed by atoms with van der Waals surface area (Å²) in [5.74, 6) is -1.47. The van der Waals surface area contributed by atoms with E-state index in [4.69, 9.17) is 25.8 Å². The van der Waals surface area contributed by atoms with Gasteiger partial charge < -0.3 is 14.2 Å². The van der Waals surface area contributed by atoms with Crippen molar-refractivity contribution in [3.63, 3.8) is 0 Å². The molecule has 0 aliphatic carbocycles. The van der Waals surface area contributed by atoms with E-state index in [1.165, 1.54) is 48.5 Å². The van der Waals surface area contributed by atoms with Crippen LogP contribution in [0.3, 0.4) is 0 Å². The number of carbonyl (C=O) groups is 2. The minimum absolute atomic E-state index is 0.102. The zero-order valence-corrected chi connectivity index (χ0v) is 16.5. The Morgan fingerprint density at radius 1 is 0.935 bits per heavy atom. The van der Waals surface area contributed by atoms with Crippen molar-refractivity contribution in [1.82, 2.24) is 0 Å². The van der Waals surface area contributed by atoms with Gasteiger partial charge in [0.25, 0.3) is 11.4 Å². The fourth-order valence-corrected chi connectivity index (χ4v) is 3.13. The van der Waals surface area contributed by atoms with Gasteiger partial charge in [-0.05, 0) is 24.3 Å². The minimum Gasteiger partial charge on any atom is -0.459 e. The van der Waals surface area contributed by atoms with Crippen molar-refractivity contribution in [2.24, 2.45) is 0 Å². The van der Waals surface area contributed by atoms with Gasteiger partial charge in [-0.3, -0.25) is 20.2 Å². The molecular formula is C19H15ClN2O9. The smallest absolute Gasteiger partial charge is 0.338 e. The molecule has 11 nitrogen and oxygen atoms in total. The van der Waals surface area contributed by atoms with Crippen LogP contribution in [0.4, 0.5) is 11.4 Å². The summed E-state index contributed by atoms with van der Waals surface area (Å²) >= 11 is 5.97. The molecule has 3 atom stereocenters. The highest BCUT2D eigenvalue weighted by Gasteiger charge is 2.38. The second kappa shape index (κ2) is 9.49. The number of hydrogen-bond acceptors (Lipinski definition) is 9. The summed E-state index contributed by atoms with van der Waals surface area (Å²) in [4.78, 5) is 44.7. The zero-order chi connectivity index (χ0) is 22.5. The van der Waals surface area contributed by atoms with Gasteiger partial charge in [-0.25, -0.2) is 9.59 Å². The number of nitrogens with zero attached hydrogens (tertiary/aromatic N) is 2. The number of nitro groups is 2. The first-order chi connectivity index (χ1) is 14.7. The zero-order valence-electron chi connectivity index (χ0n) is 15.7. The molecule has 3 rings (SSSR count). The van der Waals surface area contributed by atoms with E-state index in [1.54, 1.807) is 0 Å². The molecule has 0 radical (unpaired) electrons. The van der Waals surface area contributed by atoms with Crippen LogP contribution in [0.2, 0.25) is 0 Å². The Bertz CT molecular complexity index is 994. The van der Waals surface area contributed by atoms with E-state index >= 15 is 0 Å². The lowest BCUT2D eigenvalue weighted by Gasteiger charge is -2.18. The van der Waals surface area contributed by atoms with Crippen molar-refractivity contribution in [3.05, 3.63) is 79.9 Å². The van der Waals surface area contributed by atoms with Crippen LogP contribution >= 0.6 is 11.6 Å². The van der Waals surface area contributed by atoms with Crippen molar-refractivity contribution in [2.75, 3.05) is 6.61 Å². The molecule has 2 aromatic rings. The Morgan fingerprint density at radius 3 is 1.90 bits per heavy atom. The summed E-state index contributed by atoms with van der Waals surface area (Å²) < 4.78 is 16.0. The number of rotatable bonds is 7. The molecule has 12 heteroatoms. The van der Waals surface area contributed by atoms with Crippen molar-refractivity contribution < 1.29 is 33.6 Å². The van der Waals surface area contributed by atoms with Crippen LogP contribution in [0, 0.1) is 20.2 Å². The van der Waals surface area contributed by atoms with Crippen LogP contribution in [0.1, 0.15) is 27.1 Å². The highest BCUT2D eigenvalue weighted by molar-refractivity contribution is 6.19. The minimum atomic E-state index is -0.827. The molecule has 31 heavy (non-hydrogen) atoms. The van der Waals surface area contributed by atoms with Crippen molar-refractivity contribution in [2.45, 2.75) is 24.2 Å². The molecule has 0 N–H and O–H groups in total. The normalized spacial score (nSPS) is 20.1. The average molecular weight is 451 g/mol. The lowest BCUT2D eigenvalue weighted by molar-refractivity contribution is -0.385. The van der Waals surface area contributed by atoms with E-state index in [2.05, 4.69) is 0 Å². The van der Waals surface area contributed by atoms with Gasteiger partial charge in [-0.2, -0.15) is 0 Å². The number of halogens is 1. The third-order valence-electron chi connectivity index (χ3n) is 4.42. The predicted octanol–water partition coefficient (Wildman–Crippen LogP) is 3.24. The van der Waals surface area contributed by atoms with Crippen LogP contribution < -0.4 is 0 Å². The van der Waals surface area contributed by atoms with Gasteiger partial charge in [-0.1, -0.05) is 11.6 Å². The number of nitro benzene ring substituents is 2. The second-order valence-electron chi connectivity index (χ2n) is 6.47. The molecule has 0 bridgehead atoms. The molecule has 0 aromatic heterocycles. The van der Waals surface area contributed by atoms with Crippen LogP contribution in [0.5, 0.6) is 0 Å². The standard InChI is InChI=1S/C19H15ClN2O9/c20-17-9-15(31-19(24)12-3-7-14(8-4-12)22(27)28)16(30-17)10-29-18(23)11-1-5-13(6-2-11)21(25)26/h1-8,15-17H,9-10H2. The maximum atomic E-state index is 12.3. The van der Waals surface area contributed by atoms with E-state index in [0.717, 1.165) is 0 Å². The second-order valence-corrected chi connectivity index (χ2v) is 6.96. The number of benzene rings is 2. The number of carbonyl (C=O) groups excluding carboxylic acids is 2. The highest BCUT2D eigenvalue weighted by Crippen LogP contribution is 2.27. The van der Waals surface area contributed by atoms with Crippen LogP contribution in [0.25, 0.3) is 0 Å². The van der Waals surface area contributed by atoms with E-state index in [1.807, 2.05) is 0 Å². The maximum absolute atomic E-state index is 12.3. The number of alkyl halides is 1. The Kier molecular flexibility index (Phi) is 6.78. The molecule has 1 heterocycles. The molecular weight excluding hydrogens is 436 g/mol. The summed E-state index contributed by atoms with van der Waals surface area (Å²) in [5.41, 5.74) is -0.898. The Balaban J connectivity index is 1.59. The molecule has 0 amide bonds. The SMILES string of the molecule is O=C(OCC1OC(Cl)CC1OC(=O)c1ccc([N+](=O)[O-])cc1)c1ccc([N+](=O)[O-])cc1. The summed E-state index contributed by atoms with van der Waals surface area (Å²) in [5, 5.41) is 21.4. The summed E-state index contributed by atoms with van der Waals surface area (Å²) in [6.07, 6.45) is -1.48. The molecule has 0 spiro atoms. The maximum Gasteiger partial charge on any atom is 0.338 e. The quantitative estimate of drug-likeness (QED) is 0.268. The number of hydrogen-bond donors (Lipinski definition) is 0. The third kappa shape index (κ3) is 5.53. The molecule has 2 aromatic carbocycles. The highest BCUT2D eigenvalue weighted by atomic mass is 35.5. The number of ether oxygens (including phenoxy) is 3. The lowest BCUT2D eigenvalue weighted by Crippen LogP contribution is -2.32. The van der Waals surface area contributed by atoms with Crippen LogP contribution in [0.15, 0.2) is 48.5 Å². The summed E-state index contributed by atoms with van der Waals surface area (Å²) in [7, 11) is 0. The molecule has 1 fully saturated rings. The first kappa shape index (κ1) is 22.1. The van der Waals surface area contributed by atoms with Crippen LogP contribution in [-0.4, -0.2) is 46.2 Å². The summed E-state index contributed by atoms with van der Waals surface area (Å²) in [6, 6.07) is 9.73.